The lowest BCUT2D eigenvalue weighted by Gasteiger charge is -2.22. The number of aromatic hydroxyl groups is 1. The van der Waals surface area contributed by atoms with Crippen LogP contribution in [0.4, 0.5) is 5.82 Å². The molecule has 6 heteroatoms. The molecule has 1 saturated heterocycles. The van der Waals surface area contributed by atoms with Crippen LogP contribution < -0.4 is 10.6 Å². The van der Waals surface area contributed by atoms with Gasteiger partial charge in [0.25, 0.3) is 0 Å². The molecule has 1 aromatic heterocycles. The van der Waals surface area contributed by atoms with E-state index < -0.39 is 0 Å². The molecule has 0 radical (unpaired) electrons. The van der Waals surface area contributed by atoms with Gasteiger partial charge in [0.15, 0.2) is 11.6 Å². The maximum Gasteiger partial charge on any atom is 0.242 e. The number of amides is 1. The topological polar surface area (TPSA) is 74.2 Å². The average Bonchev–Trinajstić information content (AvgIpc) is 2.33. The van der Waals surface area contributed by atoms with Gasteiger partial charge in [-0.15, -0.1) is 12.4 Å². The van der Waals surface area contributed by atoms with Crippen LogP contribution in [0.1, 0.15) is 19.3 Å². The van der Waals surface area contributed by atoms with Crippen LogP contribution in [0.5, 0.6) is 5.75 Å². The number of aromatic nitrogens is 1. The van der Waals surface area contributed by atoms with Gasteiger partial charge >= 0.3 is 0 Å². The highest BCUT2D eigenvalue weighted by atomic mass is 35.5. The number of carbonyl (C=O) groups is 1. The summed E-state index contributed by atoms with van der Waals surface area (Å²) >= 11 is 0. The fourth-order valence-electron chi connectivity index (χ4n) is 1.77. The lowest BCUT2D eigenvalue weighted by molar-refractivity contribution is -0.118. The van der Waals surface area contributed by atoms with Crippen LogP contribution in [0.25, 0.3) is 0 Å². The largest absolute Gasteiger partial charge is 0.504 e. The van der Waals surface area contributed by atoms with Gasteiger partial charge in [0.2, 0.25) is 5.91 Å². The molecule has 1 fully saturated rings. The van der Waals surface area contributed by atoms with Gasteiger partial charge in [0, 0.05) is 6.20 Å². The number of carbonyl (C=O) groups excluding carboxylic acids is 1. The number of pyridine rings is 1. The maximum absolute atomic E-state index is 11.8. The third-order valence-electron chi connectivity index (χ3n) is 2.65. The van der Waals surface area contributed by atoms with Crippen LogP contribution >= 0.6 is 12.4 Å². The molecule has 3 N–H and O–H groups in total. The van der Waals surface area contributed by atoms with E-state index in [2.05, 4.69) is 15.6 Å². The van der Waals surface area contributed by atoms with E-state index in [1.807, 2.05) is 0 Å². The standard InChI is InChI=1S/C11H15N3O2.ClH/c15-9-5-3-7-13-10(9)14-11(16)8-4-1-2-6-12-8;/h3,5,7-8,12,15H,1-2,4,6H2,(H,13,14,16);1H. The van der Waals surface area contributed by atoms with Crippen LogP contribution in [0.2, 0.25) is 0 Å². The fraction of sp³-hybridized carbons (Fsp3) is 0.455. The molecule has 0 saturated carbocycles. The zero-order valence-corrected chi connectivity index (χ0v) is 10.2. The molecule has 1 amide bonds. The van der Waals surface area contributed by atoms with Crippen molar-refractivity contribution in [3.05, 3.63) is 18.3 Å². The highest BCUT2D eigenvalue weighted by Crippen LogP contribution is 2.19. The molecule has 0 spiro atoms. The quantitative estimate of drug-likeness (QED) is 0.746. The van der Waals surface area contributed by atoms with Gasteiger partial charge in [-0.05, 0) is 31.5 Å². The van der Waals surface area contributed by atoms with E-state index in [1.54, 1.807) is 6.07 Å². The minimum absolute atomic E-state index is 0. The van der Waals surface area contributed by atoms with Crippen molar-refractivity contribution in [3.8, 4) is 5.75 Å². The first-order chi connectivity index (χ1) is 7.77. The molecular weight excluding hydrogens is 242 g/mol. The van der Waals surface area contributed by atoms with Crippen LogP contribution in [0.3, 0.4) is 0 Å². The summed E-state index contributed by atoms with van der Waals surface area (Å²) in [6.07, 6.45) is 4.53. The normalized spacial score (nSPS) is 19.2. The van der Waals surface area contributed by atoms with E-state index in [0.717, 1.165) is 25.8 Å². The summed E-state index contributed by atoms with van der Waals surface area (Å²) in [6.45, 7) is 0.867. The molecule has 2 rings (SSSR count). The first kappa shape index (κ1) is 13.7. The Morgan fingerprint density at radius 2 is 2.35 bits per heavy atom. The Morgan fingerprint density at radius 1 is 1.53 bits per heavy atom. The number of hydrogen-bond acceptors (Lipinski definition) is 4. The predicted octanol–water partition coefficient (Wildman–Crippen LogP) is 1.29. The number of piperidine rings is 1. The smallest absolute Gasteiger partial charge is 0.242 e. The van der Waals surface area contributed by atoms with E-state index in [4.69, 9.17) is 0 Å². The molecule has 1 unspecified atom stereocenters. The van der Waals surface area contributed by atoms with Crippen LogP contribution in [-0.2, 0) is 4.79 Å². The van der Waals surface area contributed by atoms with Crippen molar-refractivity contribution in [1.82, 2.24) is 10.3 Å². The van der Waals surface area contributed by atoms with Crippen molar-refractivity contribution in [2.24, 2.45) is 0 Å². The highest BCUT2D eigenvalue weighted by molar-refractivity contribution is 5.95. The Balaban J connectivity index is 0.00000144. The Bertz CT molecular complexity index is 381. The Hall–Kier alpha value is -1.33. The van der Waals surface area contributed by atoms with Gasteiger partial charge in [0.1, 0.15) is 0 Å². The zero-order valence-electron chi connectivity index (χ0n) is 9.35. The van der Waals surface area contributed by atoms with Crippen LogP contribution in [-0.4, -0.2) is 28.6 Å². The molecular formula is C11H16ClN3O2. The van der Waals surface area contributed by atoms with Gasteiger partial charge in [0.05, 0.1) is 6.04 Å². The highest BCUT2D eigenvalue weighted by Gasteiger charge is 2.21. The minimum atomic E-state index is -0.171. The van der Waals surface area contributed by atoms with E-state index >= 15 is 0 Å². The number of nitrogens with one attached hydrogen (secondary N) is 2. The number of hydrogen-bond donors (Lipinski definition) is 3. The second kappa shape index (κ2) is 6.42. The van der Waals surface area contributed by atoms with Crippen molar-refractivity contribution >= 4 is 24.1 Å². The molecule has 1 aromatic rings. The van der Waals surface area contributed by atoms with Crippen molar-refractivity contribution in [2.75, 3.05) is 11.9 Å². The summed E-state index contributed by atoms with van der Waals surface area (Å²) in [4.78, 5) is 15.7. The van der Waals surface area contributed by atoms with Crippen molar-refractivity contribution in [1.29, 1.82) is 0 Å². The summed E-state index contributed by atoms with van der Waals surface area (Å²) in [5, 5.41) is 15.2. The summed E-state index contributed by atoms with van der Waals surface area (Å²) in [5.74, 6) is 0.0835. The van der Waals surface area contributed by atoms with Crippen LogP contribution in [0, 0.1) is 0 Å². The second-order valence-corrected chi connectivity index (χ2v) is 3.86. The molecule has 17 heavy (non-hydrogen) atoms. The molecule has 94 valence electrons. The van der Waals surface area contributed by atoms with Gasteiger partial charge in [-0.2, -0.15) is 0 Å². The van der Waals surface area contributed by atoms with Gasteiger partial charge in [-0.25, -0.2) is 4.98 Å². The predicted molar refractivity (Wildman–Crippen MR) is 67.4 cm³/mol. The molecule has 5 nitrogen and oxygen atoms in total. The third kappa shape index (κ3) is 3.57. The zero-order chi connectivity index (χ0) is 11.4. The first-order valence-corrected chi connectivity index (χ1v) is 5.45. The number of anilines is 1. The Morgan fingerprint density at radius 3 is 3.00 bits per heavy atom. The molecule has 2 heterocycles. The molecule has 0 bridgehead atoms. The second-order valence-electron chi connectivity index (χ2n) is 3.86. The summed E-state index contributed by atoms with van der Waals surface area (Å²) in [6, 6.07) is 2.94. The van der Waals surface area contributed by atoms with E-state index in [-0.39, 0.29) is 35.9 Å². The van der Waals surface area contributed by atoms with Gasteiger partial charge in [-0.3, -0.25) is 4.79 Å². The van der Waals surface area contributed by atoms with Crippen molar-refractivity contribution in [2.45, 2.75) is 25.3 Å². The van der Waals surface area contributed by atoms with E-state index in [9.17, 15) is 9.90 Å². The van der Waals surface area contributed by atoms with E-state index in [0.29, 0.717) is 0 Å². The van der Waals surface area contributed by atoms with Crippen molar-refractivity contribution in [3.63, 3.8) is 0 Å². The number of rotatable bonds is 2. The lowest BCUT2D eigenvalue weighted by Crippen LogP contribution is -2.43. The molecule has 0 aliphatic carbocycles. The molecule has 0 aromatic carbocycles. The number of nitrogens with zero attached hydrogens (tertiary/aromatic N) is 1. The summed E-state index contributed by atoms with van der Waals surface area (Å²) < 4.78 is 0. The molecule has 1 aliphatic rings. The Labute approximate surface area is 106 Å². The first-order valence-electron chi connectivity index (χ1n) is 5.45. The summed E-state index contributed by atoms with van der Waals surface area (Å²) in [5.41, 5.74) is 0. The monoisotopic (exact) mass is 257 g/mol. The summed E-state index contributed by atoms with van der Waals surface area (Å²) in [7, 11) is 0. The third-order valence-corrected chi connectivity index (χ3v) is 2.65. The van der Waals surface area contributed by atoms with Gasteiger partial charge < -0.3 is 15.7 Å². The van der Waals surface area contributed by atoms with Crippen LogP contribution in [0.15, 0.2) is 18.3 Å². The van der Waals surface area contributed by atoms with E-state index in [1.165, 1.54) is 12.3 Å². The average molecular weight is 258 g/mol. The SMILES string of the molecule is Cl.O=C(Nc1ncccc1O)C1CCCCN1. The maximum atomic E-state index is 11.8. The van der Waals surface area contributed by atoms with Crippen molar-refractivity contribution < 1.29 is 9.90 Å². The van der Waals surface area contributed by atoms with Gasteiger partial charge in [-0.1, -0.05) is 6.42 Å². The molecule has 1 aliphatic heterocycles. The lowest BCUT2D eigenvalue weighted by atomic mass is 10.0. The Kier molecular flexibility index (Phi) is 5.18. The number of halogens is 1. The molecule has 1 atom stereocenters. The fourth-order valence-corrected chi connectivity index (χ4v) is 1.77. The minimum Gasteiger partial charge on any atom is -0.504 e.